The summed E-state index contributed by atoms with van der Waals surface area (Å²) in [6.45, 7) is 2.16. The molecule has 0 amide bonds. The van der Waals surface area contributed by atoms with E-state index in [0.717, 1.165) is 22.5 Å². The Morgan fingerprint density at radius 3 is 2.48 bits per heavy atom. The summed E-state index contributed by atoms with van der Waals surface area (Å²) in [5.74, 6) is 0.246. The molecule has 2 aromatic heterocycles. The molecule has 0 radical (unpaired) electrons. The SMILES string of the molecule is CC(c1ccc(-c2cc(-c3ccc[nH]3)nc(N)c2C#N)cc1)N(C)C. The van der Waals surface area contributed by atoms with Crippen molar-refractivity contribution >= 4 is 5.82 Å². The molecule has 0 bridgehead atoms. The number of nitriles is 1. The van der Waals surface area contributed by atoms with Gasteiger partial charge in [0.15, 0.2) is 0 Å². The summed E-state index contributed by atoms with van der Waals surface area (Å²) in [6, 6.07) is 16.5. The molecule has 1 aromatic carbocycles. The molecule has 126 valence electrons. The Morgan fingerprint density at radius 2 is 1.92 bits per heavy atom. The average Bonchev–Trinajstić information content (AvgIpc) is 3.15. The van der Waals surface area contributed by atoms with Crippen LogP contribution in [0.5, 0.6) is 0 Å². The number of nitrogens with one attached hydrogen (secondary N) is 1. The Kier molecular flexibility index (Phi) is 4.55. The number of hydrogen-bond acceptors (Lipinski definition) is 4. The van der Waals surface area contributed by atoms with Crippen molar-refractivity contribution in [1.82, 2.24) is 14.9 Å². The van der Waals surface area contributed by atoms with E-state index in [2.05, 4.69) is 54.1 Å². The highest BCUT2D eigenvalue weighted by molar-refractivity contribution is 5.79. The minimum Gasteiger partial charge on any atom is -0.383 e. The minimum atomic E-state index is 0.246. The van der Waals surface area contributed by atoms with Crippen molar-refractivity contribution in [3.63, 3.8) is 0 Å². The summed E-state index contributed by atoms with van der Waals surface area (Å²) in [6.07, 6.45) is 1.84. The fraction of sp³-hybridized carbons (Fsp3) is 0.200. The van der Waals surface area contributed by atoms with Crippen molar-refractivity contribution < 1.29 is 0 Å². The first-order chi connectivity index (χ1) is 12.0. The van der Waals surface area contributed by atoms with E-state index in [0.29, 0.717) is 11.6 Å². The van der Waals surface area contributed by atoms with Crippen LogP contribution in [0.4, 0.5) is 5.82 Å². The van der Waals surface area contributed by atoms with Crippen LogP contribution >= 0.6 is 0 Å². The molecule has 25 heavy (non-hydrogen) atoms. The van der Waals surface area contributed by atoms with Crippen molar-refractivity contribution in [2.75, 3.05) is 19.8 Å². The van der Waals surface area contributed by atoms with Crippen LogP contribution in [0.1, 0.15) is 24.1 Å². The molecule has 0 aliphatic rings. The van der Waals surface area contributed by atoms with Gasteiger partial charge in [0.2, 0.25) is 0 Å². The zero-order chi connectivity index (χ0) is 18.0. The summed E-state index contributed by atoms with van der Waals surface area (Å²) >= 11 is 0. The maximum Gasteiger partial charge on any atom is 0.142 e. The first-order valence-corrected chi connectivity index (χ1v) is 8.12. The van der Waals surface area contributed by atoms with Gasteiger partial charge in [0.1, 0.15) is 17.5 Å². The Labute approximate surface area is 147 Å². The van der Waals surface area contributed by atoms with Gasteiger partial charge >= 0.3 is 0 Å². The Hall–Kier alpha value is -3.10. The summed E-state index contributed by atoms with van der Waals surface area (Å²) in [5.41, 5.74) is 11.0. The fourth-order valence-electron chi connectivity index (χ4n) is 2.78. The monoisotopic (exact) mass is 331 g/mol. The predicted molar refractivity (Wildman–Crippen MR) is 101 cm³/mol. The number of nitrogens with zero attached hydrogens (tertiary/aromatic N) is 3. The number of hydrogen-bond donors (Lipinski definition) is 2. The maximum atomic E-state index is 9.51. The van der Waals surface area contributed by atoms with E-state index in [1.54, 1.807) is 0 Å². The van der Waals surface area contributed by atoms with Crippen molar-refractivity contribution in [1.29, 1.82) is 5.26 Å². The van der Waals surface area contributed by atoms with Crippen molar-refractivity contribution in [3.8, 4) is 28.6 Å². The Balaban J connectivity index is 2.08. The van der Waals surface area contributed by atoms with Gasteiger partial charge in [-0.25, -0.2) is 4.98 Å². The lowest BCUT2D eigenvalue weighted by Crippen LogP contribution is -2.16. The first-order valence-electron chi connectivity index (χ1n) is 8.12. The molecule has 0 saturated heterocycles. The normalized spacial score (nSPS) is 12.1. The van der Waals surface area contributed by atoms with Crippen LogP contribution in [-0.4, -0.2) is 29.0 Å². The summed E-state index contributed by atoms with van der Waals surface area (Å²) < 4.78 is 0. The van der Waals surface area contributed by atoms with Gasteiger partial charge in [-0.15, -0.1) is 0 Å². The van der Waals surface area contributed by atoms with Gasteiger partial charge in [0.05, 0.1) is 11.4 Å². The number of anilines is 1. The van der Waals surface area contributed by atoms with Gasteiger partial charge in [0.25, 0.3) is 0 Å². The zero-order valence-corrected chi connectivity index (χ0v) is 14.6. The topological polar surface area (TPSA) is 81.7 Å². The molecule has 1 unspecified atom stereocenters. The highest BCUT2D eigenvalue weighted by Gasteiger charge is 2.14. The van der Waals surface area contributed by atoms with Crippen molar-refractivity contribution in [2.24, 2.45) is 0 Å². The smallest absolute Gasteiger partial charge is 0.142 e. The van der Waals surface area contributed by atoms with E-state index in [1.807, 2.05) is 36.5 Å². The second-order valence-electron chi connectivity index (χ2n) is 6.27. The van der Waals surface area contributed by atoms with E-state index >= 15 is 0 Å². The predicted octanol–water partition coefficient (Wildman–Crippen LogP) is 3.82. The van der Waals surface area contributed by atoms with E-state index in [4.69, 9.17) is 5.73 Å². The third-order valence-corrected chi connectivity index (χ3v) is 4.51. The van der Waals surface area contributed by atoms with Crippen molar-refractivity contribution in [2.45, 2.75) is 13.0 Å². The first kappa shape index (κ1) is 16.7. The van der Waals surface area contributed by atoms with Crippen LogP contribution in [0.2, 0.25) is 0 Å². The molecule has 3 rings (SSSR count). The molecule has 2 heterocycles. The Bertz CT molecular complexity index is 903. The van der Waals surface area contributed by atoms with Crippen LogP contribution in [-0.2, 0) is 0 Å². The standard InChI is InChI=1S/C20H21N5/c1-13(25(2)3)14-6-8-15(9-7-14)16-11-19(18-5-4-10-23-18)24-20(22)17(16)12-21/h4-11,13,23H,1-3H3,(H2,22,24). The highest BCUT2D eigenvalue weighted by Crippen LogP contribution is 2.31. The summed E-state index contributed by atoms with van der Waals surface area (Å²) in [5, 5.41) is 9.51. The van der Waals surface area contributed by atoms with Crippen LogP contribution in [0, 0.1) is 11.3 Å². The number of rotatable bonds is 4. The third-order valence-electron chi connectivity index (χ3n) is 4.51. The quantitative estimate of drug-likeness (QED) is 0.761. The number of nitrogens with two attached hydrogens (primary N) is 1. The van der Waals surface area contributed by atoms with Gasteiger partial charge in [-0.3, -0.25) is 0 Å². The highest BCUT2D eigenvalue weighted by atomic mass is 15.1. The molecular weight excluding hydrogens is 310 g/mol. The molecule has 0 aliphatic carbocycles. The molecule has 0 spiro atoms. The lowest BCUT2D eigenvalue weighted by atomic mass is 9.97. The molecule has 5 nitrogen and oxygen atoms in total. The second-order valence-corrected chi connectivity index (χ2v) is 6.27. The molecule has 3 N–H and O–H groups in total. The van der Waals surface area contributed by atoms with Crippen LogP contribution in [0.25, 0.3) is 22.5 Å². The van der Waals surface area contributed by atoms with Crippen molar-refractivity contribution in [3.05, 3.63) is 59.8 Å². The van der Waals surface area contributed by atoms with E-state index < -0.39 is 0 Å². The zero-order valence-electron chi connectivity index (χ0n) is 14.6. The van der Waals surface area contributed by atoms with Crippen LogP contribution in [0.15, 0.2) is 48.7 Å². The molecular formula is C20H21N5. The van der Waals surface area contributed by atoms with Gasteiger partial charge in [-0.05, 0) is 50.3 Å². The van der Waals surface area contributed by atoms with E-state index in [1.165, 1.54) is 5.56 Å². The summed E-state index contributed by atoms with van der Waals surface area (Å²) in [4.78, 5) is 9.64. The number of H-pyrrole nitrogens is 1. The van der Waals surface area contributed by atoms with Crippen LogP contribution in [0.3, 0.4) is 0 Å². The van der Waals surface area contributed by atoms with E-state index in [-0.39, 0.29) is 5.82 Å². The van der Waals surface area contributed by atoms with Gasteiger partial charge in [0, 0.05) is 17.8 Å². The largest absolute Gasteiger partial charge is 0.383 e. The van der Waals surface area contributed by atoms with E-state index in [9.17, 15) is 5.26 Å². The second kappa shape index (κ2) is 6.80. The van der Waals surface area contributed by atoms with Gasteiger partial charge in [-0.1, -0.05) is 24.3 Å². The molecule has 0 aliphatic heterocycles. The third kappa shape index (κ3) is 3.25. The van der Waals surface area contributed by atoms with Crippen LogP contribution < -0.4 is 5.73 Å². The van der Waals surface area contributed by atoms with Gasteiger partial charge < -0.3 is 15.6 Å². The molecule has 5 heteroatoms. The Morgan fingerprint density at radius 1 is 1.20 bits per heavy atom. The number of benzene rings is 1. The molecule has 0 saturated carbocycles. The minimum absolute atomic E-state index is 0.246. The number of pyridine rings is 1. The lowest BCUT2D eigenvalue weighted by molar-refractivity contribution is 0.321. The molecule has 3 aromatic rings. The van der Waals surface area contributed by atoms with Gasteiger partial charge in [-0.2, -0.15) is 5.26 Å². The molecule has 1 atom stereocenters. The summed E-state index contributed by atoms with van der Waals surface area (Å²) in [7, 11) is 4.11. The molecule has 0 fully saturated rings. The maximum absolute atomic E-state index is 9.51. The number of aromatic nitrogens is 2. The lowest BCUT2D eigenvalue weighted by Gasteiger charge is -2.20. The fourth-order valence-corrected chi connectivity index (χ4v) is 2.78. The number of aromatic amines is 1. The number of nitrogen functional groups attached to an aromatic ring is 1. The average molecular weight is 331 g/mol.